The highest BCUT2D eigenvalue weighted by Gasteiger charge is 2.72. The molecule has 0 bridgehead atoms. The Balaban J connectivity index is 1.77. The SMILES string of the molecule is C1=[N+]2c3ccccc3OC23Oc2ccccc2[N+]3=CC1. The average Bonchev–Trinajstić information content (AvgIpc) is 2.98. The zero-order chi connectivity index (χ0) is 13.2. The smallest absolute Gasteiger partial charge is 0.334 e. The summed E-state index contributed by atoms with van der Waals surface area (Å²) in [6.07, 6.45) is 5.06. The Bertz CT molecular complexity index is 740. The van der Waals surface area contributed by atoms with Gasteiger partial charge in [-0.1, -0.05) is 33.4 Å². The maximum atomic E-state index is 6.17. The highest BCUT2D eigenvalue weighted by molar-refractivity contribution is 5.78. The minimum absolute atomic E-state index is 0.844. The van der Waals surface area contributed by atoms with E-state index in [-0.39, 0.29) is 0 Å². The molecule has 4 nitrogen and oxygen atoms in total. The van der Waals surface area contributed by atoms with Crippen LogP contribution in [0.1, 0.15) is 6.42 Å². The number of ether oxygens (including phenoxy) is 2. The van der Waals surface area contributed by atoms with Crippen molar-refractivity contribution in [2.75, 3.05) is 0 Å². The number of fused-ring (bicyclic) bond motifs is 4. The summed E-state index contributed by atoms with van der Waals surface area (Å²) in [6.45, 7) is 0. The lowest BCUT2D eigenvalue weighted by molar-refractivity contribution is -0.834. The van der Waals surface area contributed by atoms with Crippen LogP contribution in [-0.4, -0.2) is 27.6 Å². The predicted molar refractivity (Wildman–Crippen MR) is 73.5 cm³/mol. The van der Waals surface area contributed by atoms with E-state index in [0.717, 1.165) is 29.3 Å². The van der Waals surface area contributed by atoms with Crippen molar-refractivity contribution in [3.05, 3.63) is 48.5 Å². The van der Waals surface area contributed by atoms with Crippen LogP contribution in [0.5, 0.6) is 11.5 Å². The van der Waals surface area contributed by atoms with E-state index in [2.05, 4.69) is 33.7 Å². The van der Waals surface area contributed by atoms with Crippen LogP contribution in [-0.2, 0) is 0 Å². The molecule has 0 radical (unpaired) electrons. The molecule has 0 atom stereocenters. The van der Waals surface area contributed by atoms with Crippen molar-refractivity contribution in [3.8, 4) is 11.5 Å². The number of hydrogen-bond donors (Lipinski definition) is 0. The Morgan fingerprint density at radius 3 is 1.80 bits per heavy atom. The first kappa shape index (κ1) is 10.2. The molecule has 96 valence electrons. The van der Waals surface area contributed by atoms with Gasteiger partial charge in [-0.05, 0) is 12.1 Å². The summed E-state index contributed by atoms with van der Waals surface area (Å²) in [5, 5.41) is 0. The topological polar surface area (TPSA) is 24.5 Å². The Kier molecular flexibility index (Phi) is 1.67. The second-order valence-corrected chi connectivity index (χ2v) is 5.03. The van der Waals surface area contributed by atoms with E-state index >= 15 is 0 Å². The molecule has 4 heteroatoms. The van der Waals surface area contributed by atoms with Gasteiger partial charge < -0.3 is 9.47 Å². The molecule has 0 unspecified atom stereocenters. The van der Waals surface area contributed by atoms with Crippen LogP contribution in [0.25, 0.3) is 0 Å². The van der Waals surface area contributed by atoms with Crippen LogP contribution in [0.3, 0.4) is 0 Å². The molecule has 5 rings (SSSR count). The van der Waals surface area contributed by atoms with E-state index in [0.29, 0.717) is 0 Å². The molecule has 0 aliphatic carbocycles. The van der Waals surface area contributed by atoms with Crippen LogP contribution in [0.2, 0.25) is 0 Å². The van der Waals surface area contributed by atoms with Crippen LogP contribution < -0.4 is 9.47 Å². The van der Waals surface area contributed by atoms with Gasteiger partial charge in [0.05, 0.1) is 0 Å². The maximum absolute atomic E-state index is 6.17. The van der Waals surface area contributed by atoms with E-state index in [9.17, 15) is 0 Å². The molecule has 0 saturated heterocycles. The van der Waals surface area contributed by atoms with E-state index in [1.54, 1.807) is 0 Å². The number of benzene rings is 2. The van der Waals surface area contributed by atoms with Gasteiger partial charge in [0.2, 0.25) is 11.5 Å². The predicted octanol–water partition coefficient (Wildman–Crippen LogP) is 2.62. The van der Waals surface area contributed by atoms with Crippen molar-refractivity contribution < 1.29 is 18.6 Å². The molecular formula is C16H12N2O2+2. The maximum Gasteiger partial charge on any atom is 0.714 e. The summed E-state index contributed by atoms with van der Waals surface area (Å²) in [5.74, 6) is 1.69. The number of hydrogen-bond acceptors (Lipinski definition) is 2. The van der Waals surface area contributed by atoms with Crippen LogP contribution in [0.15, 0.2) is 48.5 Å². The molecule has 0 amide bonds. The first-order chi connectivity index (χ1) is 9.88. The summed E-state index contributed by atoms with van der Waals surface area (Å²) in [4.78, 5) is 0. The normalized spacial score (nSPS) is 19.6. The molecule has 3 aliphatic rings. The van der Waals surface area contributed by atoms with Crippen LogP contribution in [0.4, 0.5) is 11.4 Å². The Labute approximate surface area is 115 Å². The zero-order valence-corrected chi connectivity index (χ0v) is 10.7. The first-order valence-electron chi connectivity index (χ1n) is 6.70. The molecule has 0 saturated carbocycles. The van der Waals surface area contributed by atoms with Gasteiger partial charge in [-0.3, -0.25) is 0 Å². The lowest BCUT2D eigenvalue weighted by Gasteiger charge is -2.13. The fourth-order valence-corrected chi connectivity index (χ4v) is 3.09. The molecule has 0 fully saturated rings. The highest BCUT2D eigenvalue weighted by atomic mass is 16.8. The molecule has 3 heterocycles. The number of nitrogens with zero attached hydrogens (tertiary/aromatic N) is 2. The van der Waals surface area contributed by atoms with Crippen molar-refractivity contribution in [2.45, 2.75) is 12.5 Å². The molecule has 0 aromatic heterocycles. The Morgan fingerprint density at radius 2 is 1.25 bits per heavy atom. The van der Waals surface area contributed by atoms with E-state index in [1.807, 2.05) is 36.4 Å². The summed E-state index contributed by atoms with van der Waals surface area (Å²) in [6, 6.07) is 15.1. The van der Waals surface area contributed by atoms with E-state index in [4.69, 9.17) is 9.47 Å². The van der Waals surface area contributed by atoms with Gasteiger partial charge >= 0.3 is 6.03 Å². The van der Waals surface area contributed by atoms with Crippen molar-refractivity contribution in [2.24, 2.45) is 0 Å². The first-order valence-corrected chi connectivity index (χ1v) is 6.70. The molecule has 1 spiro atoms. The molecule has 2 aromatic carbocycles. The second kappa shape index (κ2) is 3.28. The van der Waals surface area contributed by atoms with Gasteiger partial charge in [0.1, 0.15) is 6.42 Å². The van der Waals surface area contributed by atoms with Gasteiger partial charge in [-0.2, -0.15) is 0 Å². The van der Waals surface area contributed by atoms with E-state index < -0.39 is 6.03 Å². The molecule has 2 aromatic rings. The summed E-state index contributed by atoms with van der Waals surface area (Å²) in [7, 11) is 0. The molecule has 20 heavy (non-hydrogen) atoms. The molecular weight excluding hydrogens is 252 g/mol. The third kappa shape index (κ3) is 1.04. The third-order valence-corrected chi connectivity index (χ3v) is 3.92. The van der Waals surface area contributed by atoms with Crippen LogP contribution in [0, 0.1) is 0 Å². The lowest BCUT2D eigenvalue weighted by atomic mass is 10.2. The minimum Gasteiger partial charge on any atom is -0.334 e. The number of para-hydroxylation sites is 4. The van der Waals surface area contributed by atoms with Gasteiger partial charge in [0, 0.05) is 12.1 Å². The van der Waals surface area contributed by atoms with Crippen LogP contribution >= 0.6 is 0 Å². The Morgan fingerprint density at radius 1 is 0.750 bits per heavy atom. The Hall–Kier alpha value is -2.62. The fourth-order valence-electron chi connectivity index (χ4n) is 3.09. The highest BCUT2D eigenvalue weighted by Crippen LogP contribution is 2.50. The van der Waals surface area contributed by atoms with Crippen molar-refractivity contribution in [1.82, 2.24) is 0 Å². The monoisotopic (exact) mass is 264 g/mol. The summed E-state index contributed by atoms with van der Waals surface area (Å²) < 4.78 is 16.5. The van der Waals surface area contributed by atoms with Gasteiger partial charge in [-0.15, -0.1) is 0 Å². The second-order valence-electron chi connectivity index (χ2n) is 5.03. The average molecular weight is 264 g/mol. The van der Waals surface area contributed by atoms with E-state index in [1.165, 1.54) is 0 Å². The standard InChI is InChI=1S/C16H12N2O2/c1-3-8-14-12(6-1)17-10-5-11-18-13-7-2-4-9-15(13)20-16(17,18)19-14/h1-4,6-11H,5H2/q+2. The quantitative estimate of drug-likeness (QED) is 0.683. The van der Waals surface area contributed by atoms with Gasteiger partial charge in [0.15, 0.2) is 12.4 Å². The zero-order valence-electron chi connectivity index (χ0n) is 10.7. The van der Waals surface area contributed by atoms with Crippen molar-refractivity contribution in [1.29, 1.82) is 0 Å². The fraction of sp³-hybridized carbons (Fsp3) is 0.125. The summed E-state index contributed by atoms with van der Waals surface area (Å²) >= 11 is 0. The van der Waals surface area contributed by atoms with Gasteiger partial charge in [-0.25, -0.2) is 0 Å². The minimum atomic E-state index is -0.925. The largest absolute Gasteiger partial charge is 0.714 e. The third-order valence-electron chi connectivity index (χ3n) is 3.92. The summed E-state index contributed by atoms with van der Waals surface area (Å²) in [5.41, 5.74) is 2.08. The van der Waals surface area contributed by atoms with Gasteiger partial charge in [0.25, 0.3) is 11.4 Å². The molecule has 0 N–H and O–H groups in total. The lowest BCUT2D eigenvalue weighted by Crippen LogP contribution is -2.54. The van der Waals surface area contributed by atoms with Crippen molar-refractivity contribution in [3.63, 3.8) is 0 Å². The molecule has 3 aliphatic heterocycles. The van der Waals surface area contributed by atoms with Crippen molar-refractivity contribution >= 4 is 23.8 Å². The number of rotatable bonds is 0.